The van der Waals surface area contributed by atoms with Gasteiger partial charge in [-0.15, -0.1) is 35.3 Å². The van der Waals surface area contributed by atoms with E-state index in [1.165, 1.54) is 4.70 Å². The predicted octanol–water partition coefficient (Wildman–Crippen LogP) is 4.62. The third-order valence-corrected chi connectivity index (χ3v) is 6.08. The number of aromatic amines is 1. The Labute approximate surface area is 203 Å². The van der Waals surface area contributed by atoms with E-state index in [4.69, 9.17) is 0 Å². The second-order valence-electron chi connectivity index (χ2n) is 7.15. The van der Waals surface area contributed by atoms with Gasteiger partial charge in [0, 0.05) is 29.1 Å². The van der Waals surface area contributed by atoms with Crippen molar-refractivity contribution in [3.63, 3.8) is 0 Å². The van der Waals surface area contributed by atoms with Gasteiger partial charge < -0.3 is 20.7 Å². The highest BCUT2D eigenvalue weighted by Crippen LogP contribution is 2.29. The van der Waals surface area contributed by atoms with Crippen molar-refractivity contribution >= 4 is 62.4 Å². The summed E-state index contributed by atoms with van der Waals surface area (Å²) in [6, 6.07) is 18.3. The average molecular weight is 549 g/mol. The molecule has 0 spiro atoms. The highest BCUT2D eigenvalue weighted by atomic mass is 127. The standard InChI is InChI=1S/C23H27N5OS.HI/c1-2-24-23(25-13-7-12-22-27-17-9-4-5-10-18(17)28-22)26-15-19(29)21-14-16-8-3-6-11-20(16)30-21;/h3-6,8-11,14,19,29H,2,7,12-13,15H2,1H3,(H,27,28)(H2,24,25,26);1H. The zero-order valence-corrected chi connectivity index (χ0v) is 20.6. The van der Waals surface area contributed by atoms with Crippen LogP contribution < -0.4 is 10.6 Å². The molecule has 4 aromatic rings. The predicted molar refractivity (Wildman–Crippen MR) is 141 cm³/mol. The average Bonchev–Trinajstić information content (AvgIpc) is 3.38. The zero-order valence-electron chi connectivity index (χ0n) is 17.5. The van der Waals surface area contributed by atoms with Crippen molar-refractivity contribution in [3.05, 3.63) is 65.3 Å². The van der Waals surface area contributed by atoms with E-state index in [-0.39, 0.29) is 24.0 Å². The molecular weight excluding hydrogens is 521 g/mol. The Kier molecular flexibility index (Phi) is 8.68. The van der Waals surface area contributed by atoms with E-state index in [2.05, 4.69) is 37.7 Å². The van der Waals surface area contributed by atoms with Crippen LogP contribution in [0.1, 0.15) is 30.2 Å². The van der Waals surface area contributed by atoms with Gasteiger partial charge in [-0.2, -0.15) is 0 Å². The van der Waals surface area contributed by atoms with Gasteiger partial charge in [-0.1, -0.05) is 30.3 Å². The lowest BCUT2D eigenvalue weighted by atomic mass is 10.2. The van der Waals surface area contributed by atoms with Gasteiger partial charge in [-0.05, 0) is 43.0 Å². The number of rotatable bonds is 8. The summed E-state index contributed by atoms with van der Waals surface area (Å²) in [5.41, 5.74) is 2.08. The monoisotopic (exact) mass is 549 g/mol. The van der Waals surface area contributed by atoms with Crippen LogP contribution in [0.3, 0.4) is 0 Å². The number of imidazole rings is 1. The molecule has 2 heterocycles. The number of guanidine groups is 1. The molecule has 31 heavy (non-hydrogen) atoms. The first-order valence-electron chi connectivity index (χ1n) is 10.4. The van der Waals surface area contributed by atoms with Crippen LogP contribution in [0.2, 0.25) is 0 Å². The summed E-state index contributed by atoms with van der Waals surface area (Å²) in [5, 5.41) is 18.3. The fraction of sp³-hybridized carbons (Fsp3) is 0.304. The number of H-pyrrole nitrogens is 1. The summed E-state index contributed by atoms with van der Waals surface area (Å²) in [4.78, 5) is 13.5. The van der Waals surface area contributed by atoms with Crippen molar-refractivity contribution in [1.29, 1.82) is 0 Å². The quantitative estimate of drug-likeness (QED) is 0.112. The maximum Gasteiger partial charge on any atom is 0.191 e. The Balaban J connectivity index is 0.00000272. The van der Waals surface area contributed by atoms with E-state index in [0.717, 1.165) is 59.0 Å². The number of hydrogen-bond donors (Lipinski definition) is 4. The van der Waals surface area contributed by atoms with Crippen LogP contribution in [0.15, 0.2) is 59.6 Å². The Morgan fingerprint density at radius 3 is 2.77 bits per heavy atom. The molecule has 0 radical (unpaired) electrons. The van der Waals surface area contributed by atoms with Crippen molar-refractivity contribution in [3.8, 4) is 0 Å². The van der Waals surface area contributed by atoms with Crippen LogP contribution in [-0.4, -0.2) is 40.7 Å². The molecule has 0 amide bonds. The van der Waals surface area contributed by atoms with Crippen LogP contribution in [0.25, 0.3) is 21.1 Å². The molecule has 0 aliphatic rings. The van der Waals surface area contributed by atoms with Crippen molar-refractivity contribution in [2.24, 2.45) is 4.99 Å². The number of aliphatic hydroxyl groups is 1. The van der Waals surface area contributed by atoms with Gasteiger partial charge in [0.1, 0.15) is 11.9 Å². The first-order valence-corrected chi connectivity index (χ1v) is 11.2. The largest absolute Gasteiger partial charge is 0.386 e. The summed E-state index contributed by atoms with van der Waals surface area (Å²) in [7, 11) is 0. The van der Waals surface area contributed by atoms with Gasteiger partial charge >= 0.3 is 0 Å². The maximum atomic E-state index is 10.6. The van der Waals surface area contributed by atoms with E-state index < -0.39 is 6.10 Å². The Bertz CT molecular complexity index is 1070. The van der Waals surface area contributed by atoms with Crippen LogP contribution >= 0.6 is 35.3 Å². The number of aliphatic hydroxyl groups excluding tert-OH is 1. The highest BCUT2D eigenvalue weighted by Gasteiger charge is 2.11. The Morgan fingerprint density at radius 1 is 1.16 bits per heavy atom. The lowest BCUT2D eigenvalue weighted by Gasteiger charge is -2.12. The second kappa shape index (κ2) is 11.4. The van der Waals surface area contributed by atoms with Gasteiger partial charge in [0.25, 0.3) is 0 Å². The van der Waals surface area contributed by atoms with Gasteiger partial charge in [0.05, 0.1) is 17.6 Å². The molecule has 8 heteroatoms. The minimum absolute atomic E-state index is 0. The summed E-state index contributed by atoms with van der Waals surface area (Å²) >= 11 is 1.62. The molecule has 0 saturated carbocycles. The Morgan fingerprint density at radius 2 is 1.97 bits per heavy atom. The van der Waals surface area contributed by atoms with Crippen molar-refractivity contribution in [2.45, 2.75) is 25.9 Å². The molecule has 2 aromatic carbocycles. The molecule has 6 nitrogen and oxygen atoms in total. The summed E-state index contributed by atoms with van der Waals surface area (Å²) in [6.07, 6.45) is 1.20. The molecule has 1 unspecified atom stereocenters. The highest BCUT2D eigenvalue weighted by molar-refractivity contribution is 14.0. The molecule has 4 N–H and O–H groups in total. The number of fused-ring (bicyclic) bond motifs is 2. The molecule has 0 aliphatic heterocycles. The maximum absolute atomic E-state index is 10.6. The number of nitrogens with one attached hydrogen (secondary N) is 3. The first-order chi connectivity index (χ1) is 14.7. The third-order valence-electron chi connectivity index (χ3n) is 4.86. The number of aromatic nitrogens is 2. The fourth-order valence-electron chi connectivity index (χ4n) is 3.36. The van der Waals surface area contributed by atoms with Crippen molar-refractivity contribution in [2.75, 3.05) is 19.6 Å². The van der Waals surface area contributed by atoms with Crippen LogP contribution in [0.5, 0.6) is 0 Å². The molecule has 4 rings (SSSR count). The van der Waals surface area contributed by atoms with E-state index in [9.17, 15) is 5.11 Å². The second-order valence-corrected chi connectivity index (χ2v) is 8.27. The number of thiophene rings is 1. The van der Waals surface area contributed by atoms with E-state index in [0.29, 0.717) is 6.54 Å². The summed E-state index contributed by atoms with van der Waals surface area (Å²) in [6.45, 7) is 3.91. The molecular formula is C23H28IN5OS. The SMILES string of the molecule is CCNC(=NCC(O)c1cc2ccccc2s1)NCCCc1nc2ccccc2[nH]1.I. The number of aliphatic imine (C=N–C) groups is 1. The number of aryl methyl sites for hydroxylation is 1. The molecule has 2 aromatic heterocycles. The minimum atomic E-state index is -0.603. The van der Waals surface area contributed by atoms with Gasteiger partial charge in [-0.3, -0.25) is 4.99 Å². The lowest BCUT2D eigenvalue weighted by Crippen LogP contribution is -2.38. The molecule has 1 atom stereocenters. The van der Waals surface area contributed by atoms with Crippen LogP contribution in [-0.2, 0) is 6.42 Å². The van der Waals surface area contributed by atoms with Crippen molar-refractivity contribution < 1.29 is 5.11 Å². The number of benzene rings is 2. The lowest BCUT2D eigenvalue weighted by molar-refractivity contribution is 0.191. The minimum Gasteiger partial charge on any atom is -0.386 e. The van der Waals surface area contributed by atoms with Gasteiger partial charge in [0.15, 0.2) is 5.96 Å². The molecule has 0 aliphatic carbocycles. The number of hydrogen-bond acceptors (Lipinski definition) is 4. The molecule has 0 fully saturated rings. The topological polar surface area (TPSA) is 85.3 Å². The van der Waals surface area contributed by atoms with Crippen LogP contribution in [0.4, 0.5) is 0 Å². The Hall–Kier alpha value is -2.17. The number of para-hydroxylation sites is 2. The first kappa shape index (κ1) is 23.5. The van der Waals surface area contributed by atoms with Gasteiger partial charge in [0.2, 0.25) is 0 Å². The normalized spacial score (nSPS) is 12.6. The molecule has 0 saturated heterocycles. The fourth-order valence-corrected chi connectivity index (χ4v) is 4.40. The zero-order chi connectivity index (χ0) is 20.8. The van der Waals surface area contributed by atoms with Crippen LogP contribution in [0, 0.1) is 0 Å². The molecule has 164 valence electrons. The summed E-state index contributed by atoms with van der Waals surface area (Å²) in [5.74, 6) is 1.72. The van der Waals surface area contributed by atoms with Crippen molar-refractivity contribution in [1.82, 2.24) is 20.6 Å². The number of nitrogens with zero attached hydrogens (tertiary/aromatic N) is 2. The number of halogens is 1. The molecule has 0 bridgehead atoms. The third kappa shape index (κ3) is 6.18. The summed E-state index contributed by atoms with van der Waals surface area (Å²) < 4.78 is 1.19. The van der Waals surface area contributed by atoms with Gasteiger partial charge in [-0.25, -0.2) is 4.98 Å². The van der Waals surface area contributed by atoms with E-state index in [1.54, 1.807) is 11.3 Å². The van der Waals surface area contributed by atoms with E-state index in [1.807, 2.05) is 49.4 Å². The smallest absolute Gasteiger partial charge is 0.191 e. The van der Waals surface area contributed by atoms with E-state index >= 15 is 0 Å².